The van der Waals surface area contributed by atoms with Crippen LogP contribution >= 0.6 is 0 Å². The van der Waals surface area contributed by atoms with Gasteiger partial charge in [-0.15, -0.1) is 0 Å². The first-order chi connectivity index (χ1) is 9.33. The van der Waals surface area contributed by atoms with Crippen molar-refractivity contribution in [2.75, 3.05) is 5.43 Å². The van der Waals surface area contributed by atoms with E-state index in [0.717, 1.165) is 22.0 Å². The van der Waals surface area contributed by atoms with Crippen LogP contribution in [-0.4, -0.2) is 0 Å². The zero-order chi connectivity index (χ0) is 13.1. The molecule has 1 aromatic heterocycles. The van der Waals surface area contributed by atoms with E-state index < -0.39 is 0 Å². The Bertz CT molecular complexity index is 760. The number of fused-ring (bicyclic) bond motifs is 1. The summed E-state index contributed by atoms with van der Waals surface area (Å²) in [4.78, 5) is 0. The fourth-order valence-electron chi connectivity index (χ4n) is 1.94. The second-order valence-electron chi connectivity index (χ2n) is 4.40. The lowest BCUT2D eigenvalue weighted by Gasteiger charge is -2.01. The lowest BCUT2D eigenvalue weighted by Crippen LogP contribution is -2.06. The molecule has 0 fully saturated rings. The fourth-order valence-corrected chi connectivity index (χ4v) is 1.94. The van der Waals surface area contributed by atoms with Crippen molar-refractivity contribution in [2.45, 2.75) is 6.92 Å². The van der Waals surface area contributed by atoms with Crippen molar-refractivity contribution >= 4 is 16.7 Å². The molecule has 3 nitrogen and oxygen atoms in total. The van der Waals surface area contributed by atoms with Crippen LogP contribution < -0.4 is 10.8 Å². The van der Waals surface area contributed by atoms with Crippen LogP contribution in [0.25, 0.3) is 11.0 Å². The number of para-hydroxylation sites is 1. The predicted molar refractivity (Wildman–Crippen MR) is 76.6 cm³/mol. The van der Waals surface area contributed by atoms with Crippen LogP contribution in [0.3, 0.4) is 0 Å². The van der Waals surface area contributed by atoms with Gasteiger partial charge in [-0.05, 0) is 31.2 Å². The van der Waals surface area contributed by atoms with E-state index in [-0.39, 0.29) is 0 Å². The molecule has 2 aromatic carbocycles. The molecule has 0 radical (unpaired) electrons. The lowest BCUT2D eigenvalue weighted by atomic mass is 10.1. The zero-order valence-corrected chi connectivity index (χ0v) is 10.6. The molecule has 3 rings (SSSR count). The molecule has 1 heterocycles. The summed E-state index contributed by atoms with van der Waals surface area (Å²) in [6.07, 6.45) is 1.66. The van der Waals surface area contributed by atoms with Gasteiger partial charge in [-0.2, -0.15) is 5.10 Å². The maximum Gasteiger partial charge on any atom is 0.135 e. The minimum atomic E-state index is 0.835. The largest absolute Gasteiger partial charge is 0.464 e. The maximum absolute atomic E-state index is 5.47. The quantitative estimate of drug-likeness (QED) is 0.705. The van der Waals surface area contributed by atoms with Crippen LogP contribution in [0.5, 0.6) is 0 Å². The highest BCUT2D eigenvalue weighted by Crippen LogP contribution is 2.11. The van der Waals surface area contributed by atoms with Gasteiger partial charge in [0.2, 0.25) is 0 Å². The van der Waals surface area contributed by atoms with Gasteiger partial charge in [0.1, 0.15) is 5.58 Å². The Balaban J connectivity index is 2.07. The molecule has 1 N–H and O–H groups in total. The summed E-state index contributed by atoms with van der Waals surface area (Å²) in [6, 6.07) is 17.8. The summed E-state index contributed by atoms with van der Waals surface area (Å²) in [7, 11) is 0. The Morgan fingerprint density at radius 3 is 2.68 bits per heavy atom. The van der Waals surface area contributed by atoms with Gasteiger partial charge in [0.15, 0.2) is 0 Å². The van der Waals surface area contributed by atoms with E-state index in [0.29, 0.717) is 0 Å². The highest BCUT2D eigenvalue weighted by atomic mass is 16.3. The molecular weight excluding hydrogens is 236 g/mol. The van der Waals surface area contributed by atoms with Gasteiger partial charge in [-0.1, -0.05) is 29.8 Å². The second kappa shape index (κ2) is 4.98. The highest BCUT2D eigenvalue weighted by molar-refractivity contribution is 5.76. The van der Waals surface area contributed by atoms with Crippen molar-refractivity contribution in [2.24, 2.45) is 5.10 Å². The van der Waals surface area contributed by atoms with E-state index in [9.17, 15) is 0 Å². The van der Waals surface area contributed by atoms with Crippen molar-refractivity contribution in [1.29, 1.82) is 0 Å². The SMILES string of the molecule is Cc1ccc2occc(=NNc3ccccc3)c2c1. The summed E-state index contributed by atoms with van der Waals surface area (Å²) >= 11 is 0. The molecule has 0 aliphatic rings. The summed E-state index contributed by atoms with van der Waals surface area (Å²) in [5.41, 5.74) is 6.04. The molecule has 0 saturated heterocycles. The number of rotatable bonds is 2. The van der Waals surface area contributed by atoms with Crippen molar-refractivity contribution < 1.29 is 4.42 Å². The number of hydrogen-bond donors (Lipinski definition) is 1. The summed E-state index contributed by atoms with van der Waals surface area (Å²) < 4.78 is 5.47. The van der Waals surface area contributed by atoms with E-state index in [4.69, 9.17) is 4.42 Å². The molecule has 0 atom stereocenters. The third kappa shape index (κ3) is 2.50. The van der Waals surface area contributed by atoms with Crippen LogP contribution in [0.1, 0.15) is 5.56 Å². The first-order valence-electron chi connectivity index (χ1n) is 6.16. The summed E-state index contributed by atoms with van der Waals surface area (Å²) in [6.45, 7) is 2.06. The van der Waals surface area contributed by atoms with E-state index in [2.05, 4.69) is 23.5 Å². The normalized spacial score (nSPS) is 11.7. The molecular formula is C16H14N2O. The van der Waals surface area contributed by atoms with E-state index >= 15 is 0 Å². The van der Waals surface area contributed by atoms with Gasteiger partial charge in [-0.25, -0.2) is 0 Å². The topological polar surface area (TPSA) is 37.5 Å². The molecule has 3 aromatic rings. The van der Waals surface area contributed by atoms with Gasteiger partial charge in [0, 0.05) is 11.5 Å². The highest BCUT2D eigenvalue weighted by Gasteiger charge is 1.98. The van der Waals surface area contributed by atoms with Crippen LogP contribution in [-0.2, 0) is 0 Å². The first kappa shape index (κ1) is 11.5. The Morgan fingerprint density at radius 2 is 1.84 bits per heavy atom. The molecule has 0 bridgehead atoms. The fraction of sp³-hybridized carbons (Fsp3) is 0.0625. The third-order valence-electron chi connectivity index (χ3n) is 2.91. The monoisotopic (exact) mass is 250 g/mol. The van der Waals surface area contributed by atoms with Gasteiger partial charge in [0.25, 0.3) is 0 Å². The minimum Gasteiger partial charge on any atom is -0.464 e. The molecule has 0 saturated carbocycles. The zero-order valence-electron chi connectivity index (χ0n) is 10.6. The third-order valence-corrected chi connectivity index (χ3v) is 2.91. The van der Waals surface area contributed by atoms with E-state index in [1.807, 2.05) is 48.5 Å². The average molecular weight is 250 g/mol. The van der Waals surface area contributed by atoms with Crippen molar-refractivity contribution in [3.63, 3.8) is 0 Å². The van der Waals surface area contributed by atoms with Crippen LogP contribution in [0.15, 0.2) is 70.4 Å². The predicted octanol–water partition coefficient (Wildman–Crippen LogP) is 3.67. The second-order valence-corrected chi connectivity index (χ2v) is 4.40. The van der Waals surface area contributed by atoms with Crippen LogP contribution in [0.4, 0.5) is 5.69 Å². The number of hydrogen-bond acceptors (Lipinski definition) is 3. The van der Waals surface area contributed by atoms with Crippen LogP contribution in [0, 0.1) is 6.92 Å². The smallest absolute Gasteiger partial charge is 0.135 e. The maximum atomic E-state index is 5.47. The van der Waals surface area contributed by atoms with Crippen molar-refractivity contribution in [3.05, 3.63) is 71.8 Å². The molecule has 94 valence electrons. The number of benzene rings is 2. The van der Waals surface area contributed by atoms with Crippen molar-refractivity contribution in [3.8, 4) is 0 Å². The molecule has 0 amide bonds. The van der Waals surface area contributed by atoms with Gasteiger partial charge < -0.3 is 4.42 Å². The lowest BCUT2D eigenvalue weighted by molar-refractivity contribution is 0.602. The molecule has 3 heteroatoms. The van der Waals surface area contributed by atoms with Gasteiger partial charge in [-0.3, -0.25) is 5.43 Å². The van der Waals surface area contributed by atoms with Gasteiger partial charge in [0.05, 0.1) is 17.3 Å². The van der Waals surface area contributed by atoms with Gasteiger partial charge >= 0.3 is 0 Å². The molecule has 0 aliphatic heterocycles. The Labute approximate surface area is 111 Å². The number of nitrogens with one attached hydrogen (secondary N) is 1. The Hall–Kier alpha value is -2.55. The molecule has 0 spiro atoms. The molecule has 0 aliphatic carbocycles. The van der Waals surface area contributed by atoms with E-state index in [1.165, 1.54) is 5.56 Å². The van der Waals surface area contributed by atoms with E-state index in [1.54, 1.807) is 6.26 Å². The minimum absolute atomic E-state index is 0.835. The molecule has 19 heavy (non-hydrogen) atoms. The van der Waals surface area contributed by atoms with Crippen molar-refractivity contribution in [1.82, 2.24) is 0 Å². The first-order valence-corrected chi connectivity index (χ1v) is 6.16. The van der Waals surface area contributed by atoms with Crippen LogP contribution in [0.2, 0.25) is 0 Å². The summed E-state index contributed by atoms with van der Waals surface area (Å²) in [5.74, 6) is 0. The number of nitrogens with zero attached hydrogens (tertiary/aromatic N) is 1. The Morgan fingerprint density at radius 1 is 1.00 bits per heavy atom. The Kier molecular flexibility index (Phi) is 3.02. The molecule has 0 unspecified atom stereocenters. The standard InChI is InChI=1S/C16H14N2O/c1-12-7-8-16-14(11-12)15(9-10-19-16)18-17-13-5-3-2-4-6-13/h2-11,17H,1H3. The number of anilines is 1. The summed E-state index contributed by atoms with van der Waals surface area (Å²) in [5, 5.41) is 6.31. The average Bonchev–Trinajstić information content (AvgIpc) is 2.46. The number of aryl methyl sites for hydroxylation is 1.